The fourth-order valence-electron chi connectivity index (χ4n) is 4.96. The maximum Gasteiger partial charge on any atom is 0.120 e. The van der Waals surface area contributed by atoms with E-state index >= 15 is 0 Å². The number of hydrogen-bond donors (Lipinski definition) is 0. The molecule has 2 heteroatoms. The number of fused-ring (bicyclic) bond motifs is 2. The lowest BCUT2D eigenvalue weighted by Gasteiger charge is -2.27. The third-order valence-corrected chi connectivity index (χ3v) is 6.72. The predicted octanol–water partition coefficient (Wildman–Crippen LogP) is 8.97. The molecule has 0 aliphatic heterocycles. The van der Waals surface area contributed by atoms with Crippen LogP contribution in [-0.2, 0) is 19.3 Å². The Bertz CT molecular complexity index is 1500. The zero-order valence-electron chi connectivity index (χ0n) is 22.3. The van der Waals surface area contributed by atoms with Gasteiger partial charge >= 0.3 is 0 Å². The molecule has 0 amide bonds. The summed E-state index contributed by atoms with van der Waals surface area (Å²) < 4.78 is 12.2. The fraction of sp³-hybridized carbons (Fsp3) is 0.257. The van der Waals surface area contributed by atoms with Gasteiger partial charge in [0.25, 0.3) is 0 Å². The molecule has 0 aliphatic carbocycles. The highest BCUT2D eigenvalue weighted by Gasteiger charge is 2.21. The lowest BCUT2D eigenvalue weighted by Crippen LogP contribution is -2.30. The summed E-state index contributed by atoms with van der Waals surface area (Å²) in [5, 5.41) is 4.92. The van der Waals surface area contributed by atoms with Crippen molar-refractivity contribution >= 4 is 21.5 Å². The lowest BCUT2D eigenvalue weighted by atomic mass is 9.96. The van der Waals surface area contributed by atoms with E-state index in [1.807, 2.05) is 0 Å². The molecular weight excluding hydrogens is 452 g/mol. The van der Waals surface area contributed by atoms with Crippen LogP contribution in [0.2, 0.25) is 0 Å². The first-order valence-electron chi connectivity index (χ1n) is 13.3. The van der Waals surface area contributed by atoms with E-state index < -0.39 is 0 Å². The molecule has 0 saturated carbocycles. The molecule has 0 heterocycles. The highest BCUT2D eigenvalue weighted by Crippen LogP contribution is 2.27. The standard InChI is InChI=1S/C35H36O2/c1-25(2)36-33-19-18-31-21-27(15-16-32(31)22-33)12-9-26-10-13-28(14-11-26)24-35(3,4)37-34-20-17-29-7-5-6-8-30(29)23-34/h5-8,10-11,13-23,25H,9,12,24H2,1-4H3. The zero-order valence-corrected chi connectivity index (χ0v) is 22.3. The first-order valence-corrected chi connectivity index (χ1v) is 13.3. The Morgan fingerprint density at radius 1 is 0.568 bits per heavy atom. The second kappa shape index (κ2) is 10.7. The number of aryl methyl sites for hydroxylation is 2. The van der Waals surface area contributed by atoms with Crippen molar-refractivity contribution in [2.45, 2.75) is 58.7 Å². The second-order valence-corrected chi connectivity index (χ2v) is 10.9. The Labute approximate surface area is 220 Å². The van der Waals surface area contributed by atoms with Crippen molar-refractivity contribution in [3.05, 3.63) is 120 Å². The van der Waals surface area contributed by atoms with Crippen LogP contribution in [0.3, 0.4) is 0 Å². The van der Waals surface area contributed by atoms with Crippen molar-refractivity contribution < 1.29 is 9.47 Å². The van der Waals surface area contributed by atoms with Gasteiger partial charge in [-0.1, -0.05) is 78.9 Å². The van der Waals surface area contributed by atoms with E-state index in [-0.39, 0.29) is 11.7 Å². The molecule has 0 spiro atoms. The Kier molecular flexibility index (Phi) is 7.19. The van der Waals surface area contributed by atoms with Gasteiger partial charge in [-0.25, -0.2) is 0 Å². The maximum absolute atomic E-state index is 6.40. The minimum atomic E-state index is -0.296. The van der Waals surface area contributed by atoms with Gasteiger partial charge in [0.15, 0.2) is 0 Å². The lowest BCUT2D eigenvalue weighted by molar-refractivity contribution is 0.110. The summed E-state index contributed by atoms with van der Waals surface area (Å²) in [5.41, 5.74) is 3.71. The van der Waals surface area contributed by atoms with Crippen molar-refractivity contribution in [3.8, 4) is 11.5 Å². The molecule has 0 aromatic heterocycles. The first kappa shape index (κ1) is 24.9. The molecule has 0 unspecified atom stereocenters. The molecule has 0 bridgehead atoms. The Balaban J connectivity index is 1.18. The maximum atomic E-state index is 6.40. The van der Waals surface area contributed by atoms with Crippen LogP contribution >= 0.6 is 0 Å². The van der Waals surface area contributed by atoms with Gasteiger partial charge in [0.1, 0.15) is 17.1 Å². The van der Waals surface area contributed by atoms with Crippen LogP contribution in [0.5, 0.6) is 11.5 Å². The number of rotatable bonds is 9. The van der Waals surface area contributed by atoms with Crippen molar-refractivity contribution in [2.75, 3.05) is 0 Å². The summed E-state index contributed by atoms with van der Waals surface area (Å²) in [7, 11) is 0. The number of benzene rings is 5. The van der Waals surface area contributed by atoms with Gasteiger partial charge in [-0.3, -0.25) is 0 Å². The molecule has 0 atom stereocenters. The summed E-state index contributed by atoms with van der Waals surface area (Å²) in [6.45, 7) is 8.43. The van der Waals surface area contributed by atoms with Gasteiger partial charge in [-0.05, 0) is 103 Å². The normalized spacial score (nSPS) is 11.8. The second-order valence-electron chi connectivity index (χ2n) is 10.9. The van der Waals surface area contributed by atoms with Gasteiger partial charge in [-0.2, -0.15) is 0 Å². The Morgan fingerprint density at radius 2 is 1.11 bits per heavy atom. The minimum absolute atomic E-state index is 0.186. The number of hydrogen-bond acceptors (Lipinski definition) is 2. The molecule has 0 radical (unpaired) electrons. The Morgan fingerprint density at radius 3 is 1.89 bits per heavy atom. The van der Waals surface area contributed by atoms with Crippen molar-refractivity contribution in [3.63, 3.8) is 0 Å². The summed E-state index contributed by atoms with van der Waals surface area (Å²) in [6, 6.07) is 36.8. The van der Waals surface area contributed by atoms with E-state index in [2.05, 4.69) is 131 Å². The quantitative estimate of drug-likeness (QED) is 0.206. The molecule has 5 aromatic rings. The summed E-state index contributed by atoms with van der Waals surface area (Å²) in [5.74, 6) is 1.85. The van der Waals surface area contributed by atoms with E-state index in [4.69, 9.17) is 9.47 Å². The average molecular weight is 489 g/mol. The summed E-state index contributed by atoms with van der Waals surface area (Å²) in [4.78, 5) is 0. The molecule has 2 nitrogen and oxygen atoms in total. The van der Waals surface area contributed by atoms with Gasteiger partial charge in [0.05, 0.1) is 6.10 Å². The van der Waals surface area contributed by atoms with Crippen molar-refractivity contribution in [1.29, 1.82) is 0 Å². The van der Waals surface area contributed by atoms with Gasteiger partial charge in [0, 0.05) is 6.42 Å². The van der Waals surface area contributed by atoms with E-state index in [0.717, 1.165) is 30.8 Å². The highest BCUT2D eigenvalue weighted by molar-refractivity contribution is 5.85. The molecule has 37 heavy (non-hydrogen) atoms. The van der Waals surface area contributed by atoms with Crippen LogP contribution in [0.1, 0.15) is 44.4 Å². The van der Waals surface area contributed by atoms with Crippen LogP contribution in [-0.4, -0.2) is 11.7 Å². The smallest absolute Gasteiger partial charge is 0.120 e. The van der Waals surface area contributed by atoms with Crippen LogP contribution in [0.25, 0.3) is 21.5 Å². The molecule has 0 aliphatic rings. The van der Waals surface area contributed by atoms with Crippen molar-refractivity contribution in [2.24, 2.45) is 0 Å². The minimum Gasteiger partial charge on any atom is -0.491 e. The molecule has 5 rings (SSSR count). The van der Waals surface area contributed by atoms with Gasteiger partial charge < -0.3 is 9.47 Å². The first-order chi connectivity index (χ1) is 17.8. The molecule has 0 N–H and O–H groups in total. The Hall–Kier alpha value is -3.78. The molecular formula is C35H36O2. The molecule has 0 saturated heterocycles. The van der Waals surface area contributed by atoms with Crippen LogP contribution in [0, 0.1) is 0 Å². The van der Waals surface area contributed by atoms with E-state index in [9.17, 15) is 0 Å². The molecule has 5 aromatic carbocycles. The van der Waals surface area contributed by atoms with E-state index in [0.29, 0.717) is 0 Å². The van der Waals surface area contributed by atoms with E-state index in [1.165, 1.54) is 38.2 Å². The predicted molar refractivity (Wildman–Crippen MR) is 156 cm³/mol. The van der Waals surface area contributed by atoms with Gasteiger partial charge in [-0.15, -0.1) is 0 Å². The summed E-state index contributed by atoms with van der Waals surface area (Å²) in [6.07, 6.45) is 3.09. The monoisotopic (exact) mass is 488 g/mol. The van der Waals surface area contributed by atoms with Gasteiger partial charge in [0.2, 0.25) is 0 Å². The zero-order chi connectivity index (χ0) is 25.8. The average Bonchev–Trinajstić information content (AvgIpc) is 2.87. The van der Waals surface area contributed by atoms with Crippen LogP contribution < -0.4 is 9.47 Å². The SMILES string of the molecule is CC(C)Oc1ccc2cc(CCc3ccc(CC(C)(C)Oc4ccc5ccccc5c4)cc3)ccc2c1. The largest absolute Gasteiger partial charge is 0.491 e. The summed E-state index contributed by atoms with van der Waals surface area (Å²) >= 11 is 0. The molecule has 188 valence electrons. The topological polar surface area (TPSA) is 18.5 Å². The van der Waals surface area contributed by atoms with E-state index in [1.54, 1.807) is 0 Å². The molecule has 0 fully saturated rings. The van der Waals surface area contributed by atoms with Crippen LogP contribution in [0.15, 0.2) is 103 Å². The highest BCUT2D eigenvalue weighted by atomic mass is 16.5. The van der Waals surface area contributed by atoms with Crippen LogP contribution in [0.4, 0.5) is 0 Å². The fourth-order valence-corrected chi connectivity index (χ4v) is 4.96. The third-order valence-electron chi connectivity index (χ3n) is 6.72. The third kappa shape index (κ3) is 6.51. The number of ether oxygens (including phenoxy) is 2. The van der Waals surface area contributed by atoms with Crippen molar-refractivity contribution in [1.82, 2.24) is 0 Å².